The zero-order valence-corrected chi connectivity index (χ0v) is 11.9. The Bertz CT molecular complexity index is 668. The highest BCUT2D eigenvalue weighted by molar-refractivity contribution is 7.92. The van der Waals surface area contributed by atoms with Gasteiger partial charge >= 0.3 is 0 Å². The lowest BCUT2D eigenvalue weighted by Gasteiger charge is -2.12. The Morgan fingerprint density at radius 3 is 2.75 bits per heavy atom. The van der Waals surface area contributed by atoms with E-state index in [0.717, 1.165) is 0 Å². The highest BCUT2D eigenvalue weighted by Gasteiger charge is 2.16. The third-order valence-corrected chi connectivity index (χ3v) is 3.85. The second-order valence-corrected chi connectivity index (χ2v) is 5.52. The molecule has 1 heterocycles. The Kier molecular flexibility index (Phi) is 4.14. The van der Waals surface area contributed by atoms with Crippen LogP contribution >= 0.6 is 0 Å². The smallest absolute Gasteiger partial charge is 0.265 e. The van der Waals surface area contributed by atoms with Crippen LogP contribution in [0.25, 0.3) is 0 Å². The number of rotatable bonds is 6. The van der Waals surface area contributed by atoms with Crippen molar-refractivity contribution < 1.29 is 17.9 Å². The third-order valence-electron chi connectivity index (χ3n) is 2.50. The first-order valence-electron chi connectivity index (χ1n) is 5.89. The lowest BCUT2D eigenvalue weighted by Crippen LogP contribution is -2.12. The van der Waals surface area contributed by atoms with E-state index < -0.39 is 10.0 Å². The molecule has 1 aromatic heterocycles. The van der Waals surface area contributed by atoms with E-state index in [1.165, 1.54) is 19.5 Å². The number of methoxy groups -OCH3 is 1. The molecule has 0 aliphatic carbocycles. The van der Waals surface area contributed by atoms with Gasteiger partial charge in [0.2, 0.25) is 0 Å². The highest BCUT2D eigenvalue weighted by atomic mass is 32.2. The Balaban J connectivity index is 2.26. The van der Waals surface area contributed by atoms with Crippen molar-refractivity contribution in [2.45, 2.75) is 11.8 Å². The van der Waals surface area contributed by atoms with Crippen molar-refractivity contribution in [2.75, 3.05) is 18.4 Å². The molecule has 0 amide bonds. The molecule has 0 saturated heterocycles. The van der Waals surface area contributed by atoms with Crippen molar-refractivity contribution in [2.24, 2.45) is 0 Å². The number of nitrogens with one attached hydrogen (secondary N) is 2. The summed E-state index contributed by atoms with van der Waals surface area (Å²) in [5.74, 6) is 1.01. The molecule has 20 heavy (non-hydrogen) atoms. The Hall–Kier alpha value is -2.22. The number of anilines is 1. The predicted molar refractivity (Wildman–Crippen MR) is 73.6 cm³/mol. The van der Waals surface area contributed by atoms with Crippen LogP contribution in [0.4, 0.5) is 5.69 Å². The average Bonchev–Trinajstić information content (AvgIpc) is 2.95. The first-order chi connectivity index (χ1) is 9.56. The lowest BCUT2D eigenvalue weighted by atomic mass is 10.3. The van der Waals surface area contributed by atoms with Crippen molar-refractivity contribution in [3.63, 3.8) is 0 Å². The molecule has 0 saturated carbocycles. The van der Waals surface area contributed by atoms with Crippen LogP contribution in [-0.4, -0.2) is 32.3 Å². The quantitative estimate of drug-likeness (QED) is 0.845. The van der Waals surface area contributed by atoms with E-state index in [1.54, 1.807) is 18.2 Å². The zero-order chi connectivity index (χ0) is 14.6. The van der Waals surface area contributed by atoms with Crippen LogP contribution < -0.4 is 14.2 Å². The summed E-state index contributed by atoms with van der Waals surface area (Å²) in [7, 11) is -2.17. The van der Waals surface area contributed by atoms with E-state index in [-0.39, 0.29) is 4.90 Å². The second kappa shape index (κ2) is 5.83. The second-order valence-electron chi connectivity index (χ2n) is 3.84. The molecule has 0 spiro atoms. The number of H-pyrrole nitrogens is 1. The number of hydrogen-bond donors (Lipinski definition) is 2. The third kappa shape index (κ3) is 3.02. The molecular weight excluding hydrogens is 282 g/mol. The molecule has 0 unspecified atom stereocenters. The van der Waals surface area contributed by atoms with Crippen LogP contribution in [0.2, 0.25) is 0 Å². The summed E-state index contributed by atoms with van der Waals surface area (Å²) < 4.78 is 37.0. The average molecular weight is 297 g/mol. The van der Waals surface area contributed by atoms with E-state index >= 15 is 0 Å². The summed E-state index contributed by atoms with van der Waals surface area (Å²) >= 11 is 0. The van der Waals surface area contributed by atoms with Gasteiger partial charge in [0.25, 0.3) is 10.0 Å². The van der Waals surface area contributed by atoms with Crippen LogP contribution in [0.5, 0.6) is 11.5 Å². The van der Waals surface area contributed by atoms with Gasteiger partial charge in [-0.1, -0.05) is 0 Å². The number of aromatic amines is 1. The normalized spacial score (nSPS) is 11.1. The number of sulfonamides is 1. The summed E-state index contributed by atoms with van der Waals surface area (Å²) in [6.45, 7) is 2.35. The molecule has 2 rings (SSSR count). The van der Waals surface area contributed by atoms with Crippen LogP contribution in [0.15, 0.2) is 35.5 Å². The van der Waals surface area contributed by atoms with Crippen molar-refractivity contribution in [3.05, 3.63) is 30.6 Å². The fraction of sp³-hybridized carbons (Fsp3) is 0.250. The van der Waals surface area contributed by atoms with Crippen molar-refractivity contribution in [1.82, 2.24) is 10.2 Å². The summed E-state index contributed by atoms with van der Waals surface area (Å²) in [6, 6.07) is 4.81. The van der Waals surface area contributed by atoms with E-state index in [4.69, 9.17) is 9.47 Å². The largest absolute Gasteiger partial charge is 0.493 e. The fourth-order valence-corrected chi connectivity index (χ4v) is 2.56. The minimum absolute atomic E-state index is 0.0605. The van der Waals surface area contributed by atoms with Crippen LogP contribution in [-0.2, 0) is 10.0 Å². The van der Waals surface area contributed by atoms with E-state index in [1.807, 2.05) is 6.92 Å². The van der Waals surface area contributed by atoms with E-state index in [2.05, 4.69) is 14.9 Å². The molecule has 108 valence electrons. The molecule has 0 aliphatic heterocycles. The standard InChI is InChI=1S/C12H15N3O4S/c1-3-19-11-5-4-9(6-12(11)18-2)15-20(16,17)10-7-13-14-8-10/h4-8,15H,3H2,1-2H3,(H,13,14). The minimum Gasteiger partial charge on any atom is -0.493 e. The first kappa shape index (κ1) is 14.2. The van der Waals surface area contributed by atoms with E-state index in [9.17, 15) is 8.42 Å². The number of aromatic nitrogens is 2. The summed E-state index contributed by atoms with van der Waals surface area (Å²) in [4.78, 5) is 0.0605. The molecule has 2 aromatic rings. The Labute approximate surface area is 117 Å². The number of ether oxygens (including phenoxy) is 2. The summed E-state index contributed by atoms with van der Waals surface area (Å²) in [5, 5.41) is 6.07. The van der Waals surface area contributed by atoms with Crippen molar-refractivity contribution in [3.8, 4) is 11.5 Å². The first-order valence-corrected chi connectivity index (χ1v) is 7.37. The van der Waals surface area contributed by atoms with Gasteiger partial charge in [-0.2, -0.15) is 5.10 Å². The molecule has 8 heteroatoms. The van der Waals surface area contributed by atoms with Gasteiger partial charge in [0, 0.05) is 12.3 Å². The monoisotopic (exact) mass is 297 g/mol. The molecule has 1 aromatic carbocycles. The lowest BCUT2D eigenvalue weighted by molar-refractivity contribution is 0.311. The molecule has 0 atom stereocenters. The molecule has 7 nitrogen and oxygen atoms in total. The number of benzene rings is 1. The van der Waals surface area contributed by atoms with Crippen LogP contribution in [0.3, 0.4) is 0 Å². The van der Waals surface area contributed by atoms with Gasteiger partial charge in [-0.15, -0.1) is 0 Å². The molecule has 0 fully saturated rings. The molecule has 0 radical (unpaired) electrons. The minimum atomic E-state index is -3.66. The maximum Gasteiger partial charge on any atom is 0.265 e. The zero-order valence-electron chi connectivity index (χ0n) is 11.1. The van der Waals surface area contributed by atoms with E-state index in [0.29, 0.717) is 23.8 Å². The van der Waals surface area contributed by atoms with Crippen molar-refractivity contribution in [1.29, 1.82) is 0 Å². The van der Waals surface area contributed by atoms with Gasteiger partial charge in [0.1, 0.15) is 4.90 Å². The van der Waals surface area contributed by atoms with Crippen molar-refractivity contribution >= 4 is 15.7 Å². The molecular formula is C12H15N3O4S. The predicted octanol–water partition coefficient (Wildman–Crippen LogP) is 1.62. The highest BCUT2D eigenvalue weighted by Crippen LogP contribution is 2.31. The maximum absolute atomic E-state index is 12.0. The van der Waals surface area contributed by atoms with Gasteiger partial charge in [-0.3, -0.25) is 9.82 Å². The Morgan fingerprint density at radius 2 is 2.15 bits per heavy atom. The number of hydrogen-bond acceptors (Lipinski definition) is 5. The Morgan fingerprint density at radius 1 is 1.35 bits per heavy atom. The number of nitrogens with zero attached hydrogens (tertiary/aromatic N) is 1. The van der Waals surface area contributed by atoms with Gasteiger partial charge in [-0.05, 0) is 19.1 Å². The van der Waals surface area contributed by atoms with Gasteiger partial charge in [-0.25, -0.2) is 8.42 Å². The summed E-state index contributed by atoms with van der Waals surface area (Å²) in [6.07, 6.45) is 2.53. The summed E-state index contributed by atoms with van der Waals surface area (Å²) in [5.41, 5.74) is 0.381. The molecule has 0 bridgehead atoms. The fourth-order valence-electron chi connectivity index (χ4n) is 1.61. The van der Waals surface area contributed by atoms with Crippen LogP contribution in [0.1, 0.15) is 6.92 Å². The van der Waals surface area contributed by atoms with Crippen LogP contribution in [0, 0.1) is 0 Å². The maximum atomic E-state index is 12.0. The molecule has 0 aliphatic rings. The van der Waals surface area contributed by atoms with Gasteiger partial charge in [0.15, 0.2) is 11.5 Å². The SMILES string of the molecule is CCOc1ccc(NS(=O)(=O)c2cn[nH]c2)cc1OC. The van der Waals surface area contributed by atoms with Gasteiger partial charge in [0.05, 0.1) is 25.6 Å². The topological polar surface area (TPSA) is 93.3 Å². The molecule has 2 N–H and O–H groups in total. The van der Waals surface area contributed by atoms with Gasteiger partial charge < -0.3 is 9.47 Å².